The Morgan fingerprint density at radius 1 is 1.00 bits per heavy atom. The number of rotatable bonds is 5. The third kappa shape index (κ3) is 3.81. The molecule has 0 unspecified atom stereocenters. The molecule has 4 aromatic rings. The molecule has 4 rings (SSSR count). The predicted octanol–water partition coefficient (Wildman–Crippen LogP) is 3.52. The molecule has 0 fully saturated rings. The van der Waals surface area contributed by atoms with Gasteiger partial charge in [0.1, 0.15) is 10.8 Å². The van der Waals surface area contributed by atoms with Crippen LogP contribution < -0.4 is 5.32 Å². The summed E-state index contributed by atoms with van der Waals surface area (Å²) in [4.78, 5) is 22.8. The summed E-state index contributed by atoms with van der Waals surface area (Å²) in [6.45, 7) is 0. The molecule has 0 bridgehead atoms. The number of amides is 1. The predicted molar refractivity (Wildman–Crippen MR) is 111 cm³/mol. The lowest BCUT2D eigenvalue weighted by Gasteiger charge is -2.09. The summed E-state index contributed by atoms with van der Waals surface area (Å²) in [5, 5.41) is 13.7. The number of aromatic nitrogens is 4. The minimum atomic E-state index is -0.0125. The molecule has 0 aliphatic rings. The highest BCUT2D eigenvalue weighted by Gasteiger charge is 2.14. The van der Waals surface area contributed by atoms with Crippen LogP contribution in [0.3, 0.4) is 0 Å². The summed E-state index contributed by atoms with van der Waals surface area (Å²) in [6, 6.07) is 17.6. The minimum absolute atomic E-state index is 0.0125. The lowest BCUT2D eigenvalue weighted by atomic mass is 10.2. The van der Waals surface area contributed by atoms with E-state index in [4.69, 9.17) is 4.98 Å². The van der Waals surface area contributed by atoms with Crippen molar-refractivity contribution in [3.05, 3.63) is 59.6 Å². The van der Waals surface area contributed by atoms with E-state index >= 15 is 0 Å². The molecule has 2 aromatic heterocycles. The van der Waals surface area contributed by atoms with Crippen molar-refractivity contribution in [2.75, 3.05) is 19.4 Å². The Morgan fingerprint density at radius 2 is 1.75 bits per heavy atom. The molecular formula is C20H18N6OS. The van der Waals surface area contributed by atoms with E-state index in [1.54, 1.807) is 19.0 Å². The Hall–Kier alpha value is -3.39. The molecule has 2 heterocycles. The molecular weight excluding hydrogens is 372 g/mol. The van der Waals surface area contributed by atoms with Crippen LogP contribution in [-0.2, 0) is 11.2 Å². The van der Waals surface area contributed by atoms with Gasteiger partial charge in [-0.1, -0.05) is 53.8 Å². The van der Waals surface area contributed by atoms with Crippen molar-refractivity contribution in [2.45, 2.75) is 6.42 Å². The fraction of sp³-hybridized carbons (Fsp3) is 0.150. The van der Waals surface area contributed by atoms with E-state index in [9.17, 15) is 4.79 Å². The number of hydrogen-bond donors (Lipinski definition) is 1. The first-order valence-electron chi connectivity index (χ1n) is 8.72. The summed E-state index contributed by atoms with van der Waals surface area (Å²) in [7, 11) is 3.45. The van der Waals surface area contributed by atoms with Crippen molar-refractivity contribution in [1.82, 2.24) is 25.1 Å². The van der Waals surface area contributed by atoms with Crippen LogP contribution in [0.1, 0.15) is 5.01 Å². The third-order valence-electron chi connectivity index (χ3n) is 4.13. The second-order valence-corrected chi connectivity index (χ2v) is 7.43. The number of carbonyl (C=O) groups is 1. The van der Waals surface area contributed by atoms with Gasteiger partial charge in [-0.15, -0.1) is 10.2 Å². The average molecular weight is 390 g/mol. The molecule has 140 valence electrons. The fourth-order valence-corrected chi connectivity index (χ4v) is 3.38. The van der Waals surface area contributed by atoms with Crippen LogP contribution in [-0.4, -0.2) is 45.1 Å². The Kier molecular flexibility index (Phi) is 4.94. The van der Waals surface area contributed by atoms with Gasteiger partial charge < -0.3 is 10.2 Å². The molecule has 28 heavy (non-hydrogen) atoms. The van der Waals surface area contributed by atoms with E-state index in [0.29, 0.717) is 21.8 Å². The van der Waals surface area contributed by atoms with Crippen LogP contribution >= 0.6 is 11.3 Å². The first kappa shape index (κ1) is 18.0. The normalized spacial score (nSPS) is 10.8. The summed E-state index contributed by atoms with van der Waals surface area (Å²) in [5.41, 5.74) is 1.78. The number of carbonyl (C=O) groups excluding carboxylic acids is 1. The molecule has 0 aliphatic heterocycles. The molecule has 0 spiro atoms. The van der Waals surface area contributed by atoms with Crippen LogP contribution in [0.5, 0.6) is 0 Å². The molecule has 1 N–H and O–H groups in total. The number of para-hydroxylation sites is 1. The zero-order valence-corrected chi connectivity index (χ0v) is 16.3. The van der Waals surface area contributed by atoms with Gasteiger partial charge in [0.25, 0.3) is 0 Å². The van der Waals surface area contributed by atoms with Crippen LogP contribution in [0.2, 0.25) is 0 Å². The highest BCUT2D eigenvalue weighted by molar-refractivity contribution is 7.15. The van der Waals surface area contributed by atoms with Gasteiger partial charge in [0.05, 0.1) is 11.9 Å². The van der Waals surface area contributed by atoms with Gasteiger partial charge >= 0.3 is 0 Å². The average Bonchev–Trinajstić information content (AvgIpc) is 3.15. The number of nitrogens with zero attached hydrogens (tertiary/aromatic N) is 5. The number of anilines is 2. The summed E-state index contributed by atoms with van der Waals surface area (Å²) in [6.07, 6.45) is 0.228. The summed E-state index contributed by atoms with van der Waals surface area (Å²) < 4.78 is 0. The van der Waals surface area contributed by atoms with E-state index in [2.05, 4.69) is 20.5 Å². The number of hydrogen-bond acceptors (Lipinski definition) is 7. The maximum atomic E-state index is 11.9. The van der Waals surface area contributed by atoms with Crippen molar-refractivity contribution < 1.29 is 4.79 Å². The maximum Gasteiger partial charge on any atom is 0.229 e. The first-order valence-corrected chi connectivity index (χ1v) is 9.53. The first-order chi connectivity index (χ1) is 13.6. The van der Waals surface area contributed by atoms with Gasteiger partial charge in [-0.25, -0.2) is 9.97 Å². The molecule has 0 saturated carbocycles. The van der Waals surface area contributed by atoms with Crippen LogP contribution in [0, 0.1) is 0 Å². The maximum absolute atomic E-state index is 11.9. The second-order valence-electron chi connectivity index (χ2n) is 6.37. The van der Waals surface area contributed by atoms with Crippen molar-refractivity contribution in [3.8, 4) is 11.4 Å². The number of nitrogens with one attached hydrogen (secondary N) is 1. The topological polar surface area (TPSA) is 83.9 Å². The van der Waals surface area contributed by atoms with E-state index in [-0.39, 0.29) is 12.3 Å². The standard InChI is InChI=1S/C20H18N6OS/c1-26(2)17(27)12-16-24-25-20(28-16)23-19-14-10-6-7-11-15(14)21-18(22-19)13-8-4-3-5-9-13/h3-11H,12H2,1-2H3,(H,21,22,23,25). The second kappa shape index (κ2) is 7.69. The van der Waals surface area contributed by atoms with E-state index in [1.165, 1.54) is 11.3 Å². The van der Waals surface area contributed by atoms with Gasteiger partial charge in [-0.2, -0.15) is 0 Å². The van der Waals surface area contributed by atoms with Crippen LogP contribution in [0.4, 0.5) is 10.9 Å². The highest BCUT2D eigenvalue weighted by Crippen LogP contribution is 2.28. The molecule has 7 nitrogen and oxygen atoms in total. The highest BCUT2D eigenvalue weighted by atomic mass is 32.1. The smallest absolute Gasteiger partial charge is 0.229 e. The van der Waals surface area contributed by atoms with E-state index in [1.807, 2.05) is 54.6 Å². The lowest BCUT2D eigenvalue weighted by Crippen LogP contribution is -2.23. The fourth-order valence-electron chi connectivity index (χ4n) is 2.65. The SMILES string of the molecule is CN(C)C(=O)Cc1nnc(Nc2nc(-c3ccccc3)nc3ccccc23)s1. The van der Waals surface area contributed by atoms with Crippen molar-refractivity contribution in [1.29, 1.82) is 0 Å². The molecule has 8 heteroatoms. The monoisotopic (exact) mass is 390 g/mol. The largest absolute Gasteiger partial charge is 0.348 e. The van der Waals surface area contributed by atoms with Gasteiger partial charge in [-0.05, 0) is 12.1 Å². The third-order valence-corrected chi connectivity index (χ3v) is 4.97. The lowest BCUT2D eigenvalue weighted by molar-refractivity contribution is -0.127. The van der Waals surface area contributed by atoms with Gasteiger partial charge in [-0.3, -0.25) is 4.79 Å². The van der Waals surface area contributed by atoms with Crippen molar-refractivity contribution in [2.24, 2.45) is 0 Å². The molecule has 2 aromatic carbocycles. The van der Waals surface area contributed by atoms with Crippen LogP contribution in [0.15, 0.2) is 54.6 Å². The zero-order valence-electron chi connectivity index (χ0n) is 15.5. The van der Waals surface area contributed by atoms with Crippen LogP contribution in [0.25, 0.3) is 22.3 Å². The molecule has 0 aliphatic carbocycles. The number of fused-ring (bicyclic) bond motifs is 1. The number of benzene rings is 2. The van der Waals surface area contributed by atoms with Gasteiger partial charge in [0.15, 0.2) is 5.82 Å². The molecule has 0 atom stereocenters. The minimum Gasteiger partial charge on any atom is -0.348 e. The molecule has 1 amide bonds. The van der Waals surface area contributed by atoms with E-state index in [0.717, 1.165) is 16.5 Å². The Labute approximate surface area is 166 Å². The zero-order chi connectivity index (χ0) is 19.5. The Balaban J connectivity index is 1.68. The molecule has 0 radical (unpaired) electrons. The van der Waals surface area contributed by atoms with Gasteiger partial charge in [0, 0.05) is 25.0 Å². The Bertz CT molecular complexity index is 1130. The van der Waals surface area contributed by atoms with Gasteiger partial charge in [0.2, 0.25) is 11.0 Å². The summed E-state index contributed by atoms with van der Waals surface area (Å²) >= 11 is 1.34. The Morgan fingerprint density at radius 3 is 2.54 bits per heavy atom. The summed E-state index contributed by atoms with van der Waals surface area (Å²) in [5.74, 6) is 1.28. The van der Waals surface area contributed by atoms with Crippen molar-refractivity contribution in [3.63, 3.8) is 0 Å². The molecule has 0 saturated heterocycles. The number of likely N-dealkylation sites (N-methyl/N-ethyl adjacent to an activating group) is 1. The van der Waals surface area contributed by atoms with Crippen molar-refractivity contribution >= 4 is 39.1 Å². The quantitative estimate of drug-likeness (QED) is 0.561. The van der Waals surface area contributed by atoms with E-state index < -0.39 is 0 Å².